The Morgan fingerprint density at radius 1 is 1.28 bits per heavy atom. The van der Waals surface area contributed by atoms with Crippen LogP contribution in [0.25, 0.3) is 10.8 Å². The van der Waals surface area contributed by atoms with Gasteiger partial charge in [0.15, 0.2) is 0 Å². The van der Waals surface area contributed by atoms with Crippen molar-refractivity contribution in [2.75, 3.05) is 17.6 Å². The van der Waals surface area contributed by atoms with Crippen LogP contribution in [0.3, 0.4) is 0 Å². The Kier molecular flexibility index (Phi) is 2.59. The number of nitrogen functional groups attached to an aromatic ring is 1. The van der Waals surface area contributed by atoms with Crippen molar-refractivity contribution >= 4 is 22.1 Å². The molecule has 1 aliphatic rings. The Labute approximate surface area is 106 Å². The van der Waals surface area contributed by atoms with Gasteiger partial charge in [-0.1, -0.05) is 0 Å². The first-order chi connectivity index (χ1) is 8.68. The summed E-state index contributed by atoms with van der Waals surface area (Å²) in [5.41, 5.74) is 7.13. The first-order valence-electron chi connectivity index (χ1n) is 6.26. The molecular formula is C14H17N3O. The average molecular weight is 243 g/mol. The number of aliphatic hydroxyl groups is 1. The number of pyridine rings is 1. The lowest BCUT2D eigenvalue weighted by atomic mass is 9.80. The van der Waals surface area contributed by atoms with Gasteiger partial charge in [-0.25, -0.2) is 0 Å². The van der Waals surface area contributed by atoms with Gasteiger partial charge in [-0.15, -0.1) is 0 Å². The van der Waals surface area contributed by atoms with Crippen molar-refractivity contribution in [3.05, 3.63) is 30.6 Å². The summed E-state index contributed by atoms with van der Waals surface area (Å²) in [5, 5.41) is 15.4. The van der Waals surface area contributed by atoms with E-state index in [1.165, 1.54) is 0 Å². The molecule has 1 fully saturated rings. The highest BCUT2D eigenvalue weighted by Crippen LogP contribution is 2.33. The number of anilines is 2. The Hall–Kier alpha value is -1.81. The van der Waals surface area contributed by atoms with E-state index >= 15 is 0 Å². The molecule has 0 spiro atoms. The minimum Gasteiger partial charge on any atom is -0.398 e. The lowest BCUT2D eigenvalue weighted by molar-refractivity contribution is -0.0201. The number of nitrogens with one attached hydrogen (secondary N) is 1. The summed E-state index contributed by atoms with van der Waals surface area (Å²) in [7, 11) is 0. The standard InChI is InChI=1S/C14H17N3O/c15-12-2-3-13(10-4-7-16-8-11(10)12)17-9-14(18)5-1-6-14/h2-4,7-8,17-18H,1,5-6,9,15H2. The van der Waals surface area contributed by atoms with Crippen molar-refractivity contribution in [1.29, 1.82) is 0 Å². The molecule has 2 aromatic rings. The summed E-state index contributed by atoms with van der Waals surface area (Å²) in [6.07, 6.45) is 6.41. The van der Waals surface area contributed by atoms with Gasteiger partial charge in [-0.3, -0.25) is 4.98 Å². The molecule has 0 saturated heterocycles. The number of nitrogens with two attached hydrogens (primary N) is 1. The van der Waals surface area contributed by atoms with Gasteiger partial charge in [0.1, 0.15) is 0 Å². The summed E-state index contributed by atoms with van der Waals surface area (Å²) >= 11 is 0. The number of aromatic nitrogens is 1. The maximum Gasteiger partial charge on any atom is 0.0819 e. The Morgan fingerprint density at radius 2 is 2.11 bits per heavy atom. The van der Waals surface area contributed by atoms with Crippen molar-refractivity contribution in [2.45, 2.75) is 24.9 Å². The fourth-order valence-corrected chi connectivity index (χ4v) is 2.39. The van der Waals surface area contributed by atoms with Gasteiger partial charge >= 0.3 is 0 Å². The molecule has 0 atom stereocenters. The van der Waals surface area contributed by atoms with Gasteiger partial charge in [-0.05, 0) is 37.5 Å². The fraction of sp³-hybridized carbons (Fsp3) is 0.357. The van der Waals surface area contributed by atoms with Crippen molar-refractivity contribution in [2.24, 2.45) is 0 Å². The normalized spacial score (nSPS) is 17.4. The molecule has 3 rings (SSSR count). The number of rotatable bonds is 3. The number of nitrogens with zero attached hydrogens (tertiary/aromatic N) is 1. The third-order valence-electron chi connectivity index (χ3n) is 3.74. The van der Waals surface area contributed by atoms with Crippen LogP contribution in [-0.2, 0) is 0 Å². The van der Waals surface area contributed by atoms with Crippen molar-refractivity contribution in [1.82, 2.24) is 4.98 Å². The molecule has 4 N–H and O–H groups in total. The molecule has 1 aliphatic carbocycles. The predicted molar refractivity (Wildman–Crippen MR) is 73.4 cm³/mol. The van der Waals surface area contributed by atoms with E-state index in [4.69, 9.17) is 5.73 Å². The van der Waals surface area contributed by atoms with Crippen LogP contribution < -0.4 is 11.1 Å². The van der Waals surface area contributed by atoms with E-state index in [0.29, 0.717) is 6.54 Å². The van der Waals surface area contributed by atoms with E-state index in [1.54, 1.807) is 12.4 Å². The third kappa shape index (κ3) is 1.88. The summed E-state index contributed by atoms with van der Waals surface area (Å²) in [4.78, 5) is 4.09. The van der Waals surface area contributed by atoms with Crippen molar-refractivity contribution in [3.8, 4) is 0 Å². The molecule has 0 amide bonds. The van der Waals surface area contributed by atoms with E-state index in [1.807, 2.05) is 18.2 Å². The molecule has 1 heterocycles. The summed E-state index contributed by atoms with van der Waals surface area (Å²) < 4.78 is 0. The number of hydrogen-bond acceptors (Lipinski definition) is 4. The Bertz CT molecular complexity index is 578. The van der Waals surface area contributed by atoms with Crippen LogP contribution in [0, 0.1) is 0 Å². The molecule has 0 radical (unpaired) electrons. The highest BCUT2D eigenvalue weighted by Gasteiger charge is 2.33. The SMILES string of the molecule is Nc1ccc(NCC2(O)CCC2)c2ccncc12. The average Bonchev–Trinajstić information content (AvgIpc) is 2.36. The quantitative estimate of drug-likeness (QED) is 0.722. The van der Waals surface area contributed by atoms with E-state index in [2.05, 4.69) is 10.3 Å². The van der Waals surface area contributed by atoms with Crippen LogP contribution in [0.1, 0.15) is 19.3 Å². The van der Waals surface area contributed by atoms with Gasteiger partial charge in [-0.2, -0.15) is 0 Å². The molecule has 0 unspecified atom stereocenters. The molecule has 4 nitrogen and oxygen atoms in total. The highest BCUT2D eigenvalue weighted by atomic mass is 16.3. The zero-order chi connectivity index (χ0) is 12.6. The smallest absolute Gasteiger partial charge is 0.0819 e. The number of hydrogen-bond donors (Lipinski definition) is 3. The van der Waals surface area contributed by atoms with Gasteiger partial charge in [0.25, 0.3) is 0 Å². The lowest BCUT2D eigenvalue weighted by Crippen LogP contribution is -2.43. The highest BCUT2D eigenvalue weighted by molar-refractivity contribution is 6.00. The van der Waals surface area contributed by atoms with Crippen molar-refractivity contribution in [3.63, 3.8) is 0 Å². The second-order valence-corrected chi connectivity index (χ2v) is 5.06. The Balaban J connectivity index is 1.90. The minimum atomic E-state index is -0.527. The Morgan fingerprint density at radius 3 is 2.83 bits per heavy atom. The van der Waals surface area contributed by atoms with Gasteiger partial charge in [0, 0.05) is 41.1 Å². The topological polar surface area (TPSA) is 71.2 Å². The van der Waals surface area contributed by atoms with E-state index in [9.17, 15) is 5.11 Å². The van der Waals surface area contributed by atoms with Crippen LogP contribution in [0.5, 0.6) is 0 Å². The largest absolute Gasteiger partial charge is 0.398 e. The van der Waals surface area contributed by atoms with E-state index < -0.39 is 5.60 Å². The first kappa shape index (κ1) is 11.3. The fourth-order valence-electron chi connectivity index (χ4n) is 2.39. The van der Waals surface area contributed by atoms with Gasteiger partial charge in [0.2, 0.25) is 0 Å². The molecule has 18 heavy (non-hydrogen) atoms. The molecule has 1 aromatic carbocycles. The molecule has 0 aliphatic heterocycles. The van der Waals surface area contributed by atoms with E-state index in [0.717, 1.165) is 41.4 Å². The zero-order valence-corrected chi connectivity index (χ0v) is 10.2. The molecule has 4 heteroatoms. The van der Waals surface area contributed by atoms with Crippen molar-refractivity contribution < 1.29 is 5.11 Å². The maximum atomic E-state index is 10.1. The molecule has 0 bridgehead atoms. The summed E-state index contributed by atoms with van der Waals surface area (Å²) in [6, 6.07) is 5.77. The van der Waals surface area contributed by atoms with Crippen LogP contribution in [-0.4, -0.2) is 22.2 Å². The zero-order valence-electron chi connectivity index (χ0n) is 10.2. The van der Waals surface area contributed by atoms with E-state index in [-0.39, 0.29) is 0 Å². The second kappa shape index (κ2) is 4.14. The first-order valence-corrected chi connectivity index (χ1v) is 6.26. The molecule has 1 aromatic heterocycles. The third-order valence-corrected chi connectivity index (χ3v) is 3.74. The molecule has 1 saturated carbocycles. The molecule has 94 valence electrons. The van der Waals surface area contributed by atoms with Gasteiger partial charge in [0.05, 0.1) is 5.60 Å². The lowest BCUT2D eigenvalue weighted by Gasteiger charge is -2.37. The maximum absolute atomic E-state index is 10.1. The second-order valence-electron chi connectivity index (χ2n) is 5.06. The monoisotopic (exact) mass is 243 g/mol. The van der Waals surface area contributed by atoms with Crippen LogP contribution in [0.4, 0.5) is 11.4 Å². The van der Waals surface area contributed by atoms with Crippen LogP contribution >= 0.6 is 0 Å². The van der Waals surface area contributed by atoms with Gasteiger partial charge < -0.3 is 16.2 Å². The minimum absolute atomic E-state index is 0.527. The predicted octanol–water partition coefficient (Wildman–Crippen LogP) is 2.14. The number of fused-ring (bicyclic) bond motifs is 1. The van der Waals surface area contributed by atoms with Crippen LogP contribution in [0.15, 0.2) is 30.6 Å². The summed E-state index contributed by atoms with van der Waals surface area (Å²) in [5.74, 6) is 0. The van der Waals surface area contributed by atoms with Crippen LogP contribution in [0.2, 0.25) is 0 Å². The molecular weight excluding hydrogens is 226 g/mol. The summed E-state index contributed by atoms with van der Waals surface area (Å²) in [6.45, 7) is 0.592. The number of benzene rings is 1.